The van der Waals surface area contributed by atoms with Crippen LogP contribution in [0.5, 0.6) is 11.5 Å². The van der Waals surface area contributed by atoms with Gasteiger partial charge in [-0.1, -0.05) is 24.3 Å². The molecule has 0 fully saturated rings. The predicted octanol–water partition coefficient (Wildman–Crippen LogP) is 2.85. The van der Waals surface area contributed by atoms with Crippen molar-refractivity contribution >= 4 is 6.08 Å². The molecule has 0 aliphatic heterocycles. The third-order valence-corrected chi connectivity index (χ3v) is 2.88. The maximum Gasteiger partial charge on any atom is 0.167 e. The van der Waals surface area contributed by atoms with Gasteiger partial charge in [-0.25, -0.2) is 0 Å². The van der Waals surface area contributed by atoms with Gasteiger partial charge in [0.1, 0.15) is 6.10 Å². The zero-order valence-corrected chi connectivity index (χ0v) is 11.5. The first-order valence-corrected chi connectivity index (χ1v) is 6.24. The number of hydrogen-bond acceptors (Lipinski definition) is 4. The third-order valence-electron chi connectivity index (χ3n) is 2.88. The van der Waals surface area contributed by atoms with Crippen molar-refractivity contribution in [2.75, 3.05) is 14.2 Å². The number of aliphatic hydroxyl groups excluding tert-OH is 1. The Labute approximate surface area is 118 Å². The smallest absolute Gasteiger partial charge is 0.167 e. The Morgan fingerprint density at radius 1 is 1.10 bits per heavy atom. The summed E-state index contributed by atoms with van der Waals surface area (Å²) in [6.45, 7) is 0. The Kier molecular flexibility index (Phi) is 4.74. The molecule has 0 bridgehead atoms. The number of aromatic nitrogens is 1. The van der Waals surface area contributed by atoms with Gasteiger partial charge in [0.2, 0.25) is 0 Å². The number of benzene rings is 1. The highest BCUT2D eigenvalue weighted by Gasteiger charge is 2.08. The number of rotatable bonds is 5. The fourth-order valence-corrected chi connectivity index (χ4v) is 1.89. The molecular formula is C16H17NO3. The van der Waals surface area contributed by atoms with Crippen LogP contribution in [-0.2, 0) is 0 Å². The Morgan fingerprint density at radius 3 is 2.60 bits per heavy atom. The van der Waals surface area contributed by atoms with Gasteiger partial charge in [0.05, 0.1) is 19.9 Å². The van der Waals surface area contributed by atoms with Crippen molar-refractivity contribution in [3.8, 4) is 11.5 Å². The van der Waals surface area contributed by atoms with Crippen molar-refractivity contribution in [1.82, 2.24) is 4.98 Å². The predicted molar refractivity (Wildman–Crippen MR) is 77.8 cm³/mol. The minimum atomic E-state index is -0.757. The quantitative estimate of drug-likeness (QED) is 0.908. The summed E-state index contributed by atoms with van der Waals surface area (Å²) < 4.78 is 10.6. The van der Waals surface area contributed by atoms with Crippen LogP contribution in [0.1, 0.15) is 17.4 Å². The third kappa shape index (κ3) is 3.16. The molecule has 1 N–H and O–H groups in total. The molecule has 1 aromatic carbocycles. The lowest BCUT2D eigenvalue weighted by Crippen LogP contribution is -1.96. The molecule has 0 aliphatic carbocycles. The molecule has 1 unspecified atom stereocenters. The lowest BCUT2D eigenvalue weighted by Gasteiger charge is -2.10. The Morgan fingerprint density at radius 2 is 1.95 bits per heavy atom. The zero-order valence-electron chi connectivity index (χ0n) is 11.5. The maximum atomic E-state index is 10.1. The number of hydrogen-bond donors (Lipinski definition) is 1. The van der Waals surface area contributed by atoms with E-state index in [0.717, 1.165) is 5.56 Å². The van der Waals surface area contributed by atoms with Crippen molar-refractivity contribution in [3.63, 3.8) is 0 Å². The molecule has 1 atom stereocenters. The molecule has 0 aliphatic rings. The number of pyridine rings is 1. The first-order chi connectivity index (χ1) is 9.76. The number of ether oxygens (including phenoxy) is 2. The lowest BCUT2D eigenvalue weighted by molar-refractivity contribution is 0.224. The van der Waals surface area contributed by atoms with Crippen LogP contribution >= 0.6 is 0 Å². The standard InChI is InChI=1S/C16H17NO3/c1-19-15-8-5-6-12(16(15)20-2)9-10-14(18)13-7-3-4-11-17-13/h3-11,14,18H,1-2H3/b10-9+. The van der Waals surface area contributed by atoms with Gasteiger partial charge in [-0.05, 0) is 24.3 Å². The first-order valence-electron chi connectivity index (χ1n) is 6.24. The molecule has 4 nitrogen and oxygen atoms in total. The molecule has 104 valence electrons. The highest BCUT2D eigenvalue weighted by atomic mass is 16.5. The van der Waals surface area contributed by atoms with E-state index in [1.165, 1.54) is 0 Å². The van der Waals surface area contributed by atoms with E-state index in [1.807, 2.05) is 30.3 Å². The van der Waals surface area contributed by atoms with Crippen molar-refractivity contribution in [2.24, 2.45) is 0 Å². The van der Waals surface area contributed by atoms with Crippen molar-refractivity contribution in [3.05, 3.63) is 59.9 Å². The highest BCUT2D eigenvalue weighted by Crippen LogP contribution is 2.31. The average molecular weight is 271 g/mol. The van der Waals surface area contributed by atoms with Crippen LogP contribution in [0.2, 0.25) is 0 Å². The van der Waals surface area contributed by atoms with Crippen molar-refractivity contribution in [2.45, 2.75) is 6.10 Å². The van der Waals surface area contributed by atoms with Gasteiger partial charge >= 0.3 is 0 Å². The minimum absolute atomic E-state index is 0.602. The van der Waals surface area contributed by atoms with Crippen LogP contribution in [0, 0.1) is 0 Å². The second-order valence-electron chi connectivity index (χ2n) is 4.14. The topological polar surface area (TPSA) is 51.6 Å². The minimum Gasteiger partial charge on any atom is -0.493 e. The molecule has 0 saturated carbocycles. The van der Waals surface area contributed by atoms with E-state index in [-0.39, 0.29) is 0 Å². The molecule has 20 heavy (non-hydrogen) atoms. The van der Waals surface area contributed by atoms with Crippen LogP contribution < -0.4 is 9.47 Å². The van der Waals surface area contributed by atoms with Crippen LogP contribution in [-0.4, -0.2) is 24.3 Å². The molecule has 1 aromatic heterocycles. The number of para-hydroxylation sites is 1. The molecule has 0 radical (unpaired) electrons. The molecule has 0 saturated heterocycles. The Balaban J connectivity index is 2.23. The SMILES string of the molecule is COc1cccc(/C=C/C(O)c2ccccn2)c1OC. The van der Waals surface area contributed by atoms with Gasteiger partial charge in [-0.3, -0.25) is 4.98 Å². The fourth-order valence-electron chi connectivity index (χ4n) is 1.89. The number of nitrogens with zero attached hydrogens (tertiary/aromatic N) is 1. The zero-order chi connectivity index (χ0) is 14.4. The van der Waals surface area contributed by atoms with Gasteiger partial charge in [-0.15, -0.1) is 0 Å². The van der Waals surface area contributed by atoms with Crippen LogP contribution in [0.4, 0.5) is 0 Å². The van der Waals surface area contributed by atoms with E-state index < -0.39 is 6.10 Å². The summed E-state index contributed by atoms with van der Waals surface area (Å²) in [6.07, 6.45) is 4.35. The highest BCUT2D eigenvalue weighted by molar-refractivity contribution is 5.62. The monoisotopic (exact) mass is 271 g/mol. The molecule has 2 aromatic rings. The summed E-state index contributed by atoms with van der Waals surface area (Å²) in [5, 5.41) is 10.1. The van der Waals surface area contributed by atoms with Gasteiger partial charge in [-0.2, -0.15) is 0 Å². The molecule has 1 heterocycles. The van der Waals surface area contributed by atoms with E-state index in [2.05, 4.69) is 4.98 Å². The van der Waals surface area contributed by atoms with Crippen LogP contribution in [0.15, 0.2) is 48.7 Å². The lowest BCUT2D eigenvalue weighted by atomic mass is 10.1. The Hall–Kier alpha value is -2.33. The summed E-state index contributed by atoms with van der Waals surface area (Å²) in [6, 6.07) is 11.0. The Bertz CT molecular complexity index is 582. The summed E-state index contributed by atoms with van der Waals surface area (Å²) >= 11 is 0. The van der Waals surface area contributed by atoms with E-state index in [0.29, 0.717) is 17.2 Å². The van der Waals surface area contributed by atoms with Gasteiger partial charge < -0.3 is 14.6 Å². The van der Waals surface area contributed by atoms with E-state index in [9.17, 15) is 5.11 Å². The summed E-state index contributed by atoms with van der Waals surface area (Å²) in [7, 11) is 3.18. The average Bonchev–Trinajstić information content (AvgIpc) is 2.52. The van der Waals surface area contributed by atoms with Crippen molar-refractivity contribution < 1.29 is 14.6 Å². The summed E-state index contributed by atoms with van der Waals surface area (Å²) in [5.74, 6) is 1.29. The normalized spacial score (nSPS) is 12.3. The largest absolute Gasteiger partial charge is 0.493 e. The van der Waals surface area contributed by atoms with E-state index >= 15 is 0 Å². The molecule has 0 amide bonds. The maximum absolute atomic E-state index is 10.1. The number of methoxy groups -OCH3 is 2. The van der Waals surface area contributed by atoms with E-state index in [4.69, 9.17) is 9.47 Å². The number of aliphatic hydroxyl groups is 1. The molecule has 0 spiro atoms. The molecular weight excluding hydrogens is 254 g/mol. The summed E-state index contributed by atoms with van der Waals surface area (Å²) in [4.78, 5) is 4.11. The summed E-state index contributed by atoms with van der Waals surface area (Å²) in [5.41, 5.74) is 1.44. The second-order valence-corrected chi connectivity index (χ2v) is 4.14. The second kappa shape index (κ2) is 6.73. The fraction of sp³-hybridized carbons (Fsp3) is 0.188. The van der Waals surface area contributed by atoms with Crippen LogP contribution in [0.25, 0.3) is 6.08 Å². The molecule has 4 heteroatoms. The first kappa shape index (κ1) is 14.1. The van der Waals surface area contributed by atoms with E-state index in [1.54, 1.807) is 38.6 Å². The van der Waals surface area contributed by atoms with Crippen LogP contribution in [0.3, 0.4) is 0 Å². The van der Waals surface area contributed by atoms with Crippen molar-refractivity contribution in [1.29, 1.82) is 0 Å². The van der Waals surface area contributed by atoms with Gasteiger partial charge in [0.25, 0.3) is 0 Å². The molecule has 2 rings (SSSR count). The van der Waals surface area contributed by atoms with Gasteiger partial charge in [0, 0.05) is 11.8 Å². The van der Waals surface area contributed by atoms with Gasteiger partial charge in [0.15, 0.2) is 11.5 Å².